The highest BCUT2D eigenvalue weighted by Gasteiger charge is 2.26. The number of aliphatic carboxylic acids is 1. The van der Waals surface area contributed by atoms with E-state index in [0.717, 1.165) is 11.3 Å². The zero-order valence-corrected chi connectivity index (χ0v) is 20.1. The van der Waals surface area contributed by atoms with Crippen molar-refractivity contribution < 1.29 is 29.0 Å². The number of unbranched alkanes of at least 4 members (excludes halogenated alkanes) is 1. The Morgan fingerprint density at radius 2 is 1.63 bits per heavy atom. The fraction of sp³-hybridized carbons (Fsp3) is 0.370. The number of carboxylic acids is 1. The van der Waals surface area contributed by atoms with Crippen LogP contribution in [-0.2, 0) is 20.8 Å². The van der Waals surface area contributed by atoms with E-state index in [1.165, 1.54) is 7.05 Å². The summed E-state index contributed by atoms with van der Waals surface area (Å²) in [7, 11) is 1.50. The fourth-order valence-electron chi connectivity index (χ4n) is 3.53. The van der Waals surface area contributed by atoms with Crippen LogP contribution in [0.25, 0.3) is 0 Å². The van der Waals surface area contributed by atoms with E-state index in [4.69, 9.17) is 9.47 Å². The molecule has 0 fully saturated rings. The van der Waals surface area contributed by atoms with E-state index in [2.05, 4.69) is 17.2 Å². The molecule has 0 aliphatic heterocycles. The number of carbonyl (C=O) groups is 3. The van der Waals surface area contributed by atoms with Crippen molar-refractivity contribution in [2.45, 2.75) is 38.1 Å². The second kappa shape index (κ2) is 15.2. The number of hydrogen-bond acceptors (Lipinski definition) is 5. The SMILES string of the molecule is C=CCOc1ccc(OCCCC[C@H](CC(=O)O)C(=O)N[C@@H](Cc2ccccc2)C(=O)NC)cc1. The topological polar surface area (TPSA) is 114 Å². The van der Waals surface area contributed by atoms with Gasteiger partial charge < -0.3 is 25.2 Å². The van der Waals surface area contributed by atoms with Crippen molar-refractivity contribution in [2.75, 3.05) is 20.3 Å². The highest BCUT2D eigenvalue weighted by Crippen LogP contribution is 2.19. The molecule has 2 atom stereocenters. The number of rotatable bonds is 16. The second-order valence-electron chi connectivity index (χ2n) is 8.08. The molecule has 2 rings (SSSR count). The summed E-state index contributed by atoms with van der Waals surface area (Å²) in [6.07, 6.45) is 3.32. The van der Waals surface area contributed by atoms with Gasteiger partial charge >= 0.3 is 5.97 Å². The Bertz CT molecular complexity index is 946. The molecule has 8 nitrogen and oxygen atoms in total. The van der Waals surface area contributed by atoms with Gasteiger partial charge in [-0.2, -0.15) is 0 Å². The molecule has 35 heavy (non-hydrogen) atoms. The number of benzene rings is 2. The molecule has 0 bridgehead atoms. The van der Waals surface area contributed by atoms with Gasteiger partial charge in [0.15, 0.2) is 0 Å². The summed E-state index contributed by atoms with van der Waals surface area (Å²) < 4.78 is 11.2. The molecule has 2 aromatic rings. The summed E-state index contributed by atoms with van der Waals surface area (Å²) in [6, 6.07) is 15.8. The van der Waals surface area contributed by atoms with Gasteiger partial charge in [0, 0.05) is 19.4 Å². The summed E-state index contributed by atoms with van der Waals surface area (Å²) in [4.78, 5) is 36.6. The molecule has 3 N–H and O–H groups in total. The lowest BCUT2D eigenvalue weighted by Gasteiger charge is -2.21. The molecule has 8 heteroatoms. The molecule has 0 saturated heterocycles. The van der Waals surface area contributed by atoms with E-state index in [-0.39, 0.29) is 12.3 Å². The first kappa shape index (κ1) is 27.4. The normalized spacial score (nSPS) is 12.1. The van der Waals surface area contributed by atoms with Crippen LogP contribution >= 0.6 is 0 Å². The number of hydrogen-bond donors (Lipinski definition) is 3. The van der Waals surface area contributed by atoms with Crippen LogP contribution in [0.1, 0.15) is 31.2 Å². The number of carboxylic acid groups (broad SMARTS) is 1. The highest BCUT2D eigenvalue weighted by molar-refractivity contribution is 5.89. The number of likely N-dealkylation sites (N-methyl/N-ethyl adjacent to an activating group) is 1. The van der Waals surface area contributed by atoms with Crippen LogP contribution in [0.4, 0.5) is 0 Å². The molecule has 0 heterocycles. The minimum Gasteiger partial charge on any atom is -0.494 e. The molecule has 0 radical (unpaired) electrons. The predicted molar refractivity (Wildman–Crippen MR) is 133 cm³/mol. The smallest absolute Gasteiger partial charge is 0.304 e. The number of nitrogens with one attached hydrogen (secondary N) is 2. The van der Waals surface area contributed by atoms with Crippen LogP contribution in [-0.4, -0.2) is 49.2 Å². The van der Waals surface area contributed by atoms with Gasteiger partial charge in [0.2, 0.25) is 11.8 Å². The summed E-state index contributed by atoms with van der Waals surface area (Å²) in [5.74, 6) is -1.14. The largest absolute Gasteiger partial charge is 0.494 e. The molecule has 0 unspecified atom stereocenters. The van der Waals surface area contributed by atoms with Gasteiger partial charge in [-0.25, -0.2) is 0 Å². The molecular formula is C27H34N2O6. The van der Waals surface area contributed by atoms with E-state index in [1.54, 1.807) is 6.08 Å². The quantitative estimate of drug-likeness (QED) is 0.250. The zero-order chi connectivity index (χ0) is 25.5. The van der Waals surface area contributed by atoms with Crippen molar-refractivity contribution in [3.05, 3.63) is 72.8 Å². The van der Waals surface area contributed by atoms with Crippen molar-refractivity contribution in [1.82, 2.24) is 10.6 Å². The summed E-state index contributed by atoms with van der Waals surface area (Å²) in [5.41, 5.74) is 0.897. The summed E-state index contributed by atoms with van der Waals surface area (Å²) in [6.45, 7) is 4.47. The lowest BCUT2D eigenvalue weighted by molar-refractivity contribution is -0.141. The van der Waals surface area contributed by atoms with E-state index in [1.807, 2.05) is 54.6 Å². The maximum atomic E-state index is 12.9. The van der Waals surface area contributed by atoms with Crippen LogP contribution in [0.3, 0.4) is 0 Å². The van der Waals surface area contributed by atoms with Crippen molar-refractivity contribution in [1.29, 1.82) is 0 Å². The lowest BCUT2D eigenvalue weighted by atomic mass is 9.96. The monoisotopic (exact) mass is 482 g/mol. The van der Waals surface area contributed by atoms with Crippen molar-refractivity contribution in [2.24, 2.45) is 5.92 Å². The van der Waals surface area contributed by atoms with Crippen molar-refractivity contribution in [3.8, 4) is 11.5 Å². The Hall–Kier alpha value is -3.81. The van der Waals surface area contributed by atoms with Gasteiger partial charge in [-0.1, -0.05) is 43.0 Å². The molecule has 2 amide bonds. The van der Waals surface area contributed by atoms with Gasteiger partial charge in [-0.15, -0.1) is 0 Å². The average molecular weight is 483 g/mol. The first-order chi connectivity index (χ1) is 16.9. The van der Waals surface area contributed by atoms with Crippen molar-refractivity contribution in [3.63, 3.8) is 0 Å². The third-order valence-corrected chi connectivity index (χ3v) is 5.36. The minimum absolute atomic E-state index is 0.301. The van der Waals surface area contributed by atoms with E-state index in [0.29, 0.717) is 44.6 Å². The minimum atomic E-state index is -1.06. The molecule has 0 spiro atoms. The maximum absolute atomic E-state index is 12.9. The molecule has 0 aromatic heterocycles. The summed E-state index contributed by atoms with van der Waals surface area (Å²) >= 11 is 0. The molecule has 0 aliphatic carbocycles. The van der Waals surface area contributed by atoms with E-state index < -0.39 is 23.8 Å². The predicted octanol–water partition coefficient (Wildman–Crippen LogP) is 3.36. The third kappa shape index (κ3) is 10.3. The van der Waals surface area contributed by atoms with Crippen LogP contribution in [0.15, 0.2) is 67.3 Å². The first-order valence-electron chi connectivity index (χ1n) is 11.7. The first-order valence-corrected chi connectivity index (χ1v) is 11.7. The lowest BCUT2D eigenvalue weighted by Crippen LogP contribution is -2.49. The number of carbonyl (C=O) groups excluding carboxylic acids is 2. The Morgan fingerprint density at radius 3 is 2.23 bits per heavy atom. The fourth-order valence-corrected chi connectivity index (χ4v) is 3.53. The zero-order valence-electron chi connectivity index (χ0n) is 20.1. The van der Waals surface area contributed by atoms with Crippen LogP contribution in [0.2, 0.25) is 0 Å². The molecular weight excluding hydrogens is 448 g/mol. The Morgan fingerprint density at radius 1 is 0.971 bits per heavy atom. The Kier molecular flexibility index (Phi) is 11.9. The third-order valence-electron chi connectivity index (χ3n) is 5.36. The average Bonchev–Trinajstić information content (AvgIpc) is 2.86. The van der Waals surface area contributed by atoms with Crippen molar-refractivity contribution >= 4 is 17.8 Å². The van der Waals surface area contributed by atoms with Crippen LogP contribution in [0.5, 0.6) is 11.5 Å². The van der Waals surface area contributed by atoms with E-state index >= 15 is 0 Å². The Balaban J connectivity index is 1.85. The van der Waals surface area contributed by atoms with Crippen LogP contribution < -0.4 is 20.1 Å². The van der Waals surface area contributed by atoms with Gasteiger partial charge in [0.25, 0.3) is 0 Å². The summed E-state index contributed by atoms with van der Waals surface area (Å²) in [5, 5.41) is 14.6. The van der Waals surface area contributed by atoms with Crippen LogP contribution in [0, 0.1) is 5.92 Å². The highest BCUT2D eigenvalue weighted by atomic mass is 16.5. The van der Waals surface area contributed by atoms with E-state index in [9.17, 15) is 19.5 Å². The molecule has 0 aliphatic rings. The Labute approximate surface area is 206 Å². The molecule has 0 saturated carbocycles. The van der Waals surface area contributed by atoms with Gasteiger partial charge in [0.1, 0.15) is 24.1 Å². The number of amides is 2. The molecule has 188 valence electrons. The van der Waals surface area contributed by atoms with Gasteiger partial charge in [0.05, 0.1) is 13.0 Å². The van der Waals surface area contributed by atoms with Gasteiger partial charge in [-0.05, 0) is 49.1 Å². The maximum Gasteiger partial charge on any atom is 0.304 e. The number of ether oxygens (including phenoxy) is 2. The van der Waals surface area contributed by atoms with Gasteiger partial charge in [-0.3, -0.25) is 14.4 Å². The standard InChI is InChI=1S/C27H34N2O6/c1-3-16-34-22-12-14-23(15-13-22)35-17-8-7-11-21(19-25(30)31)26(32)29-24(27(33)28-2)18-20-9-5-4-6-10-20/h3-6,9-10,12-15,21,24H,1,7-8,11,16-19H2,2H3,(H,28,33)(H,29,32)(H,30,31)/t21-,24+/m1/s1. The second-order valence-corrected chi connectivity index (χ2v) is 8.08. The molecule has 2 aromatic carbocycles.